The summed E-state index contributed by atoms with van der Waals surface area (Å²) in [4.78, 5) is 14.3. The summed E-state index contributed by atoms with van der Waals surface area (Å²) in [5, 5.41) is 2.14. The number of hydrogen-bond acceptors (Lipinski definition) is 3. The molecule has 0 saturated carbocycles. The van der Waals surface area contributed by atoms with Gasteiger partial charge in [0, 0.05) is 0 Å². The Hall–Kier alpha value is -2.50. The second-order valence-electron chi connectivity index (χ2n) is 3.66. The summed E-state index contributed by atoms with van der Waals surface area (Å²) in [7, 11) is 0. The number of nitrogens with zero attached hydrogens (tertiary/aromatic N) is 1. The number of carbonyl (C=O) groups excluding carboxylic acids is 1. The molecule has 0 unspecified atom stereocenters. The second kappa shape index (κ2) is 5.90. The Kier molecular flexibility index (Phi) is 4.02. The minimum absolute atomic E-state index is 0.0584. The fourth-order valence-corrected chi connectivity index (χ4v) is 1.37. The number of anilines is 1. The Balaban J connectivity index is 1.91. The highest BCUT2D eigenvalue weighted by molar-refractivity contribution is 5.84. The van der Waals surface area contributed by atoms with E-state index in [1.54, 1.807) is 24.3 Å². The van der Waals surface area contributed by atoms with Crippen LogP contribution in [-0.2, 0) is 11.3 Å². The average molecular weight is 264 g/mol. The van der Waals surface area contributed by atoms with Gasteiger partial charge in [-0.15, -0.1) is 0 Å². The molecule has 1 heterocycles. The Morgan fingerprint density at radius 2 is 1.89 bits per heavy atom. The lowest BCUT2D eigenvalue weighted by Crippen LogP contribution is -2.15. The molecular formula is C13H10F2N2O2. The van der Waals surface area contributed by atoms with Crippen LogP contribution in [-0.4, -0.2) is 11.1 Å². The van der Waals surface area contributed by atoms with Crippen molar-refractivity contribution in [1.82, 2.24) is 4.98 Å². The number of carbonyl (C=O) groups is 1. The number of hydrogen-bond donors (Lipinski definition) is 1. The summed E-state index contributed by atoms with van der Waals surface area (Å²) >= 11 is 0. The molecular weight excluding hydrogens is 254 g/mol. The molecule has 2 rings (SSSR count). The van der Waals surface area contributed by atoms with Crippen LogP contribution in [0.1, 0.15) is 5.56 Å². The third-order valence-corrected chi connectivity index (χ3v) is 2.26. The third kappa shape index (κ3) is 3.74. The monoisotopic (exact) mass is 264 g/mol. The highest BCUT2D eigenvalue weighted by Crippen LogP contribution is 2.12. The van der Waals surface area contributed by atoms with Crippen molar-refractivity contribution >= 4 is 11.8 Å². The van der Waals surface area contributed by atoms with E-state index >= 15 is 0 Å². The molecule has 1 aromatic heterocycles. The van der Waals surface area contributed by atoms with Gasteiger partial charge < -0.3 is 4.74 Å². The zero-order valence-electron chi connectivity index (χ0n) is 9.77. The van der Waals surface area contributed by atoms with Crippen molar-refractivity contribution < 1.29 is 18.3 Å². The normalized spacial score (nSPS) is 10.0. The van der Waals surface area contributed by atoms with Crippen LogP contribution in [0, 0.1) is 11.9 Å². The molecule has 19 heavy (non-hydrogen) atoms. The molecule has 1 N–H and O–H groups in total. The minimum atomic E-state index is -1.10. The zero-order valence-corrected chi connectivity index (χ0v) is 9.77. The maximum atomic E-state index is 13.2. The lowest BCUT2D eigenvalue weighted by molar-refractivity contribution is 0.155. The first-order valence-electron chi connectivity index (χ1n) is 5.45. The first-order valence-corrected chi connectivity index (χ1v) is 5.45. The molecule has 2 aromatic rings. The van der Waals surface area contributed by atoms with E-state index in [0.29, 0.717) is 0 Å². The molecule has 0 radical (unpaired) electrons. The summed E-state index contributed by atoms with van der Waals surface area (Å²) in [5.74, 6) is -2.06. The molecule has 98 valence electrons. The number of aromatic nitrogens is 1. The Morgan fingerprint density at radius 3 is 2.58 bits per heavy atom. The van der Waals surface area contributed by atoms with Crippen LogP contribution in [0.4, 0.5) is 19.3 Å². The van der Waals surface area contributed by atoms with Crippen molar-refractivity contribution in [1.29, 1.82) is 0 Å². The number of benzene rings is 1. The van der Waals surface area contributed by atoms with E-state index in [1.807, 2.05) is 6.07 Å². The lowest BCUT2D eigenvalue weighted by Gasteiger charge is -2.07. The molecule has 0 aliphatic heterocycles. The molecule has 1 aromatic carbocycles. The summed E-state index contributed by atoms with van der Waals surface area (Å²) in [5.41, 5.74) is 0.565. The Bertz CT molecular complexity index is 576. The Morgan fingerprint density at radius 1 is 1.16 bits per heavy atom. The summed E-state index contributed by atoms with van der Waals surface area (Å²) < 4.78 is 30.6. The number of pyridine rings is 1. The van der Waals surface area contributed by atoms with E-state index in [-0.39, 0.29) is 12.3 Å². The minimum Gasteiger partial charge on any atom is -0.444 e. The molecule has 0 aliphatic rings. The molecule has 1 amide bonds. The third-order valence-electron chi connectivity index (χ3n) is 2.26. The SMILES string of the molecule is O=C(Nc1ccc(F)nc1F)OCc1ccccc1. The van der Waals surface area contributed by atoms with Crippen LogP contribution in [0.15, 0.2) is 42.5 Å². The van der Waals surface area contributed by atoms with E-state index in [2.05, 4.69) is 10.3 Å². The van der Waals surface area contributed by atoms with Gasteiger partial charge in [0.2, 0.25) is 11.9 Å². The predicted molar refractivity (Wildman–Crippen MR) is 64.4 cm³/mol. The number of halogens is 2. The predicted octanol–water partition coefficient (Wildman–Crippen LogP) is 3.11. The first kappa shape index (κ1) is 12.9. The number of nitrogens with one attached hydrogen (secondary N) is 1. The zero-order chi connectivity index (χ0) is 13.7. The first-order chi connectivity index (χ1) is 9.15. The second-order valence-corrected chi connectivity index (χ2v) is 3.66. The van der Waals surface area contributed by atoms with Gasteiger partial charge in [0.25, 0.3) is 0 Å². The van der Waals surface area contributed by atoms with Crippen LogP contribution in [0.2, 0.25) is 0 Å². The van der Waals surface area contributed by atoms with E-state index in [4.69, 9.17) is 4.74 Å². The quantitative estimate of drug-likeness (QED) is 0.866. The van der Waals surface area contributed by atoms with Gasteiger partial charge in [-0.05, 0) is 17.7 Å². The number of ether oxygens (including phenoxy) is 1. The number of amides is 1. The van der Waals surface area contributed by atoms with Crippen molar-refractivity contribution in [2.24, 2.45) is 0 Å². The van der Waals surface area contributed by atoms with Crippen molar-refractivity contribution in [3.05, 3.63) is 59.9 Å². The van der Waals surface area contributed by atoms with Gasteiger partial charge in [-0.25, -0.2) is 4.79 Å². The van der Waals surface area contributed by atoms with Crippen LogP contribution >= 0.6 is 0 Å². The fourth-order valence-electron chi connectivity index (χ4n) is 1.37. The van der Waals surface area contributed by atoms with Crippen molar-refractivity contribution in [3.8, 4) is 0 Å². The van der Waals surface area contributed by atoms with Crippen molar-refractivity contribution in [3.63, 3.8) is 0 Å². The molecule has 0 saturated heterocycles. The van der Waals surface area contributed by atoms with Crippen LogP contribution in [0.5, 0.6) is 0 Å². The average Bonchev–Trinajstić information content (AvgIpc) is 2.41. The van der Waals surface area contributed by atoms with Crippen LogP contribution in [0.3, 0.4) is 0 Å². The molecule has 0 atom stereocenters. The van der Waals surface area contributed by atoms with Gasteiger partial charge in [0.05, 0.1) is 5.69 Å². The molecule has 0 spiro atoms. The van der Waals surface area contributed by atoms with Gasteiger partial charge >= 0.3 is 6.09 Å². The maximum Gasteiger partial charge on any atom is 0.412 e. The fraction of sp³-hybridized carbons (Fsp3) is 0.0769. The van der Waals surface area contributed by atoms with Crippen molar-refractivity contribution in [2.75, 3.05) is 5.32 Å². The maximum absolute atomic E-state index is 13.2. The van der Waals surface area contributed by atoms with Gasteiger partial charge in [-0.2, -0.15) is 13.8 Å². The van der Waals surface area contributed by atoms with Gasteiger partial charge in [0.15, 0.2) is 0 Å². The van der Waals surface area contributed by atoms with Gasteiger partial charge in [-0.1, -0.05) is 30.3 Å². The highest BCUT2D eigenvalue weighted by atomic mass is 19.1. The summed E-state index contributed by atoms with van der Waals surface area (Å²) in [6.45, 7) is 0.0584. The Labute approximate surface area is 108 Å². The summed E-state index contributed by atoms with van der Waals surface area (Å²) in [6, 6.07) is 11.0. The van der Waals surface area contributed by atoms with E-state index < -0.39 is 18.0 Å². The smallest absolute Gasteiger partial charge is 0.412 e. The number of rotatable bonds is 3. The largest absolute Gasteiger partial charge is 0.444 e. The standard InChI is InChI=1S/C13H10F2N2O2/c14-11-7-6-10(12(15)17-11)16-13(18)19-8-9-4-2-1-3-5-9/h1-7H,8H2,(H,16,18). The topological polar surface area (TPSA) is 51.2 Å². The molecule has 0 aliphatic carbocycles. The van der Waals surface area contributed by atoms with E-state index in [1.165, 1.54) is 0 Å². The van der Waals surface area contributed by atoms with Crippen LogP contribution in [0.25, 0.3) is 0 Å². The van der Waals surface area contributed by atoms with E-state index in [9.17, 15) is 13.6 Å². The lowest BCUT2D eigenvalue weighted by atomic mass is 10.2. The molecule has 0 bridgehead atoms. The summed E-state index contributed by atoms with van der Waals surface area (Å²) in [6.07, 6.45) is -0.837. The van der Waals surface area contributed by atoms with Crippen LogP contribution < -0.4 is 5.32 Å². The molecule has 6 heteroatoms. The van der Waals surface area contributed by atoms with Gasteiger partial charge in [-0.3, -0.25) is 5.32 Å². The molecule has 4 nitrogen and oxygen atoms in total. The van der Waals surface area contributed by atoms with Gasteiger partial charge in [0.1, 0.15) is 6.61 Å². The van der Waals surface area contributed by atoms with Crippen molar-refractivity contribution in [2.45, 2.75) is 6.61 Å². The van der Waals surface area contributed by atoms with E-state index in [0.717, 1.165) is 17.7 Å². The molecule has 0 fully saturated rings. The highest BCUT2D eigenvalue weighted by Gasteiger charge is 2.09.